The molecule has 0 spiro atoms. The normalized spacial score (nSPS) is 22.2. The molecule has 4 aromatic rings. The average molecular weight is 760 g/mol. The van der Waals surface area contributed by atoms with Crippen molar-refractivity contribution in [3.8, 4) is 5.75 Å². The molecule has 2 aliphatic heterocycles. The number of piperazine rings is 1. The second-order valence-electron chi connectivity index (χ2n) is 16.7. The maximum absolute atomic E-state index is 13.3. The minimum atomic E-state index is -4.88. The molecule has 294 valence electrons. The number of aromatic nitrogens is 3. The van der Waals surface area contributed by atoms with E-state index in [1.54, 1.807) is 0 Å². The number of rotatable bonds is 9. The van der Waals surface area contributed by atoms with Gasteiger partial charge in [-0.25, -0.2) is 0 Å². The molecular weight excluding hydrogens is 708 g/mol. The van der Waals surface area contributed by atoms with Gasteiger partial charge < -0.3 is 19.9 Å². The van der Waals surface area contributed by atoms with Crippen molar-refractivity contribution in [1.82, 2.24) is 24.4 Å². The van der Waals surface area contributed by atoms with Gasteiger partial charge in [0.05, 0.1) is 11.7 Å². The van der Waals surface area contributed by atoms with E-state index in [4.69, 9.17) is 4.74 Å². The Morgan fingerprint density at radius 2 is 1.69 bits per heavy atom. The maximum atomic E-state index is 13.3. The first-order valence-electron chi connectivity index (χ1n) is 19.5. The number of amides is 2. The van der Waals surface area contributed by atoms with Crippen LogP contribution in [0.3, 0.4) is 0 Å². The van der Waals surface area contributed by atoms with E-state index in [0.29, 0.717) is 18.0 Å². The minimum absolute atomic E-state index is 0.0195. The number of alkyl halides is 3. The number of ether oxygens (including phenoxy) is 1. The monoisotopic (exact) mass is 759 g/mol. The molecule has 2 fully saturated rings. The van der Waals surface area contributed by atoms with Gasteiger partial charge in [0.1, 0.15) is 11.9 Å². The molecule has 4 heterocycles. The lowest BCUT2D eigenvalue weighted by atomic mass is 9.79. The fraction of sp³-hybridized carbons (Fsp3) is 0.524. The third kappa shape index (κ3) is 8.17. The summed E-state index contributed by atoms with van der Waals surface area (Å²) in [6.07, 6.45) is 2.97. The van der Waals surface area contributed by atoms with E-state index < -0.39 is 12.1 Å². The predicted octanol–water partition coefficient (Wildman–Crippen LogP) is 7.99. The average Bonchev–Trinajstić information content (AvgIpc) is 3.73. The van der Waals surface area contributed by atoms with E-state index in [2.05, 4.69) is 83.8 Å². The van der Waals surface area contributed by atoms with Gasteiger partial charge in [0.25, 0.3) is 0 Å². The second-order valence-corrected chi connectivity index (χ2v) is 16.7. The number of carbonyl (C=O) groups is 2. The Labute approximate surface area is 321 Å². The zero-order valence-electron chi connectivity index (χ0n) is 32.5. The number of hydrogen-bond acceptors (Lipinski definition) is 7. The highest BCUT2D eigenvalue weighted by atomic mass is 19.4. The van der Waals surface area contributed by atoms with Crippen LogP contribution in [-0.4, -0.2) is 82.2 Å². The first-order chi connectivity index (χ1) is 26.1. The summed E-state index contributed by atoms with van der Waals surface area (Å²) in [6, 6.07) is 18.3. The van der Waals surface area contributed by atoms with Crippen LogP contribution in [0.25, 0.3) is 5.65 Å². The highest BCUT2D eigenvalue weighted by Gasteiger charge is 2.43. The van der Waals surface area contributed by atoms with Crippen LogP contribution in [0.4, 0.5) is 24.5 Å². The van der Waals surface area contributed by atoms with E-state index >= 15 is 0 Å². The van der Waals surface area contributed by atoms with Gasteiger partial charge in [0, 0.05) is 44.0 Å². The van der Waals surface area contributed by atoms with Crippen LogP contribution in [0, 0.1) is 0 Å². The number of carbonyl (C=O) groups excluding carboxylic acids is 2. The molecule has 0 radical (unpaired) electrons. The summed E-state index contributed by atoms with van der Waals surface area (Å²) in [7, 11) is 2.14. The summed E-state index contributed by atoms with van der Waals surface area (Å²) in [5.74, 6) is 0.149. The number of nitrogens with one attached hydrogen (secondary N) is 1. The van der Waals surface area contributed by atoms with Gasteiger partial charge in [-0.05, 0) is 117 Å². The van der Waals surface area contributed by atoms with Crippen molar-refractivity contribution < 1.29 is 27.5 Å². The molecule has 1 N–H and O–H groups in total. The lowest BCUT2D eigenvalue weighted by Crippen LogP contribution is -2.52. The Morgan fingerprint density at radius 1 is 0.945 bits per heavy atom. The molecule has 2 aromatic carbocycles. The van der Waals surface area contributed by atoms with Crippen LogP contribution in [0.15, 0.2) is 60.8 Å². The first kappa shape index (κ1) is 38.6. The predicted molar refractivity (Wildman–Crippen MR) is 206 cm³/mol. The van der Waals surface area contributed by atoms with Gasteiger partial charge >= 0.3 is 12.1 Å². The van der Waals surface area contributed by atoms with Crippen LogP contribution >= 0.6 is 0 Å². The summed E-state index contributed by atoms with van der Waals surface area (Å²) in [6.45, 7) is 10.0. The fourth-order valence-corrected chi connectivity index (χ4v) is 8.49. The lowest BCUT2D eigenvalue weighted by molar-refractivity contribution is -0.185. The van der Waals surface area contributed by atoms with Crippen molar-refractivity contribution in [3.63, 3.8) is 0 Å². The van der Waals surface area contributed by atoms with Gasteiger partial charge in [-0.1, -0.05) is 45.0 Å². The SMILES string of the molecule is CN1CCC[C@@]1(C)c1nnc2ccc(O[C@@H]3CC[C@H](CCCC(=O)Nc4cc(N5CCN(C(=O)C(F)(F)F)CC5)cc(C(C)(C)C)c4)c4ccccc43)cn12. The Bertz CT molecular complexity index is 2030. The van der Waals surface area contributed by atoms with Crippen LogP contribution in [-0.2, 0) is 20.5 Å². The third-order valence-electron chi connectivity index (χ3n) is 11.9. The molecule has 10 nitrogen and oxygen atoms in total. The summed E-state index contributed by atoms with van der Waals surface area (Å²) in [5, 5.41) is 12.1. The summed E-state index contributed by atoms with van der Waals surface area (Å²) >= 11 is 0. The van der Waals surface area contributed by atoms with E-state index in [-0.39, 0.29) is 49.1 Å². The van der Waals surface area contributed by atoms with Crippen molar-refractivity contribution in [3.05, 3.63) is 83.3 Å². The Morgan fingerprint density at radius 3 is 2.38 bits per heavy atom. The zero-order valence-corrected chi connectivity index (χ0v) is 32.5. The molecule has 7 rings (SSSR count). The number of pyridine rings is 1. The Balaban J connectivity index is 0.975. The van der Waals surface area contributed by atoms with Crippen molar-refractivity contribution in [1.29, 1.82) is 0 Å². The molecule has 3 atom stereocenters. The van der Waals surface area contributed by atoms with Crippen LogP contribution in [0.2, 0.25) is 0 Å². The Kier molecular flexibility index (Phi) is 10.6. The highest BCUT2D eigenvalue weighted by molar-refractivity contribution is 5.91. The van der Waals surface area contributed by atoms with Crippen LogP contribution < -0.4 is 15.0 Å². The van der Waals surface area contributed by atoms with Crippen molar-refractivity contribution >= 4 is 28.8 Å². The van der Waals surface area contributed by atoms with Crippen molar-refractivity contribution in [2.24, 2.45) is 0 Å². The summed E-state index contributed by atoms with van der Waals surface area (Å²) in [5.41, 5.74) is 5.33. The number of benzene rings is 2. The molecule has 3 aliphatic rings. The molecule has 2 saturated heterocycles. The molecule has 0 saturated carbocycles. The standard InChI is InChI=1S/C42H52F3N7O3/c1-40(2,3)29-24-30(26-31(25-29)50-20-22-51(23-21-50)39(54)42(43,44)45)46-37(53)13-8-10-28-14-16-35(34-12-7-6-11-33(28)34)55-32-15-17-36-47-48-38(52(36)27-32)41(4)18-9-19-49(41)5/h6-7,11-12,15,17,24-28,35H,8-10,13-14,16,18-23H2,1-5H3,(H,46,53)/t28-,35+,41-/m0/s1. The van der Waals surface area contributed by atoms with E-state index in [1.165, 1.54) is 11.1 Å². The number of hydrogen-bond donors (Lipinski definition) is 1. The largest absolute Gasteiger partial charge is 0.484 e. The number of likely N-dealkylation sites (tertiary alicyclic amines) is 1. The quantitative estimate of drug-likeness (QED) is 0.185. The van der Waals surface area contributed by atoms with Gasteiger partial charge in [-0.3, -0.25) is 18.9 Å². The number of fused-ring (bicyclic) bond motifs is 2. The van der Waals surface area contributed by atoms with E-state index in [0.717, 1.165) is 78.4 Å². The number of anilines is 2. The molecule has 2 aromatic heterocycles. The Hall–Kier alpha value is -4.65. The molecule has 13 heteroatoms. The van der Waals surface area contributed by atoms with Crippen molar-refractivity contribution in [2.45, 2.75) is 102 Å². The molecule has 1 aliphatic carbocycles. The molecule has 0 bridgehead atoms. The number of halogens is 3. The maximum Gasteiger partial charge on any atom is 0.471 e. The molecule has 2 amide bonds. The van der Waals surface area contributed by atoms with E-state index in [9.17, 15) is 22.8 Å². The first-order valence-corrected chi connectivity index (χ1v) is 19.5. The van der Waals surface area contributed by atoms with E-state index in [1.807, 2.05) is 41.4 Å². The topological polar surface area (TPSA) is 95.3 Å². The zero-order chi connectivity index (χ0) is 39.1. The minimum Gasteiger partial charge on any atom is -0.484 e. The summed E-state index contributed by atoms with van der Waals surface area (Å²) < 4.78 is 47.8. The number of nitrogens with zero attached hydrogens (tertiary/aromatic N) is 6. The highest BCUT2D eigenvalue weighted by Crippen LogP contribution is 2.43. The van der Waals surface area contributed by atoms with Gasteiger partial charge in [-0.2, -0.15) is 13.2 Å². The molecule has 0 unspecified atom stereocenters. The molecular formula is C42H52F3N7O3. The fourth-order valence-electron chi connectivity index (χ4n) is 8.49. The third-order valence-corrected chi connectivity index (χ3v) is 11.9. The molecule has 55 heavy (non-hydrogen) atoms. The van der Waals surface area contributed by atoms with Crippen LogP contribution in [0.1, 0.15) is 107 Å². The summed E-state index contributed by atoms with van der Waals surface area (Å²) in [4.78, 5) is 30.3. The lowest BCUT2D eigenvalue weighted by Gasteiger charge is -2.37. The van der Waals surface area contributed by atoms with Crippen molar-refractivity contribution in [2.75, 3.05) is 50.0 Å². The smallest absolute Gasteiger partial charge is 0.471 e. The van der Waals surface area contributed by atoms with Gasteiger partial charge in [0.2, 0.25) is 5.91 Å². The second kappa shape index (κ2) is 15.1. The van der Waals surface area contributed by atoms with Crippen LogP contribution in [0.5, 0.6) is 5.75 Å². The van der Waals surface area contributed by atoms with Gasteiger partial charge in [-0.15, -0.1) is 10.2 Å². The van der Waals surface area contributed by atoms with Gasteiger partial charge in [0.15, 0.2) is 11.5 Å².